The van der Waals surface area contributed by atoms with E-state index in [0.717, 1.165) is 56.3 Å². The van der Waals surface area contributed by atoms with E-state index in [9.17, 15) is 18.0 Å². The zero-order chi connectivity index (χ0) is 25.7. The third-order valence-corrected chi connectivity index (χ3v) is 8.61. The normalized spacial score (nSPS) is 30.0. The van der Waals surface area contributed by atoms with Crippen molar-refractivity contribution in [2.75, 3.05) is 4.90 Å². The summed E-state index contributed by atoms with van der Waals surface area (Å²) in [7, 11) is 0. The maximum atomic E-state index is 13.9. The molecule has 37 heavy (non-hydrogen) atoms. The van der Waals surface area contributed by atoms with Gasteiger partial charge in [0.05, 0.1) is 36.7 Å². The minimum atomic E-state index is -4.25. The van der Waals surface area contributed by atoms with Crippen LogP contribution >= 0.6 is 0 Å². The number of piperidine rings is 1. The minimum absolute atomic E-state index is 0.0282. The van der Waals surface area contributed by atoms with Crippen molar-refractivity contribution in [3.8, 4) is 0 Å². The minimum Gasteiger partial charge on any atom is -0.476 e. The Bertz CT molecular complexity index is 1120. The average Bonchev–Trinajstić information content (AvgIpc) is 3.58. The predicted molar refractivity (Wildman–Crippen MR) is 125 cm³/mol. The first kappa shape index (κ1) is 24.6. The fourth-order valence-electron chi connectivity index (χ4n) is 6.69. The van der Waals surface area contributed by atoms with E-state index in [1.807, 2.05) is 0 Å². The largest absolute Gasteiger partial charge is 0.476 e. The van der Waals surface area contributed by atoms with Crippen LogP contribution < -0.4 is 4.90 Å². The van der Waals surface area contributed by atoms with E-state index in [0.29, 0.717) is 24.4 Å². The fraction of sp³-hybridized carbons (Fsp3) is 0.692. The summed E-state index contributed by atoms with van der Waals surface area (Å²) in [5.41, 5.74) is 1.11. The number of carboxylic acid groups (broad SMARTS) is 1. The topological polar surface area (TPSA) is 102 Å². The Morgan fingerprint density at radius 1 is 1.05 bits per heavy atom. The molecule has 4 unspecified atom stereocenters. The number of rotatable bonds is 7. The first-order chi connectivity index (χ1) is 17.8. The van der Waals surface area contributed by atoms with Crippen molar-refractivity contribution in [2.24, 2.45) is 5.92 Å². The highest BCUT2D eigenvalue weighted by molar-refractivity contribution is 5.84. The maximum absolute atomic E-state index is 13.9. The zero-order valence-electron chi connectivity index (χ0n) is 20.5. The second-order valence-corrected chi connectivity index (χ2v) is 11.0. The molecule has 0 aromatic carbocycles. The van der Waals surface area contributed by atoms with E-state index in [-0.39, 0.29) is 42.8 Å². The Labute approximate surface area is 212 Å². The molecular formula is C26H31F3N4O4. The summed E-state index contributed by atoms with van der Waals surface area (Å²) >= 11 is 0. The SMILES string of the molecule is O=C(O)c1cnc(N2C3CC[C@H]2CC(OCc2c(C4CCCCC4C(F)(F)F)noc2C2CC2)C3)cn1. The Balaban J connectivity index is 1.17. The van der Waals surface area contributed by atoms with Gasteiger partial charge in [0.15, 0.2) is 5.69 Å². The first-order valence-electron chi connectivity index (χ1n) is 13.3. The predicted octanol–water partition coefficient (Wildman–Crippen LogP) is 5.59. The zero-order valence-corrected chi connectivity index (χ0v) is 20.5. The number of anilines is 1. The summed E-state index contributed by atoms with van der Waals surface area (Å²) in [6, 6.07) is 0.401. The van der Waals surface area contributed by atoms with E-state index in [1.165, 1.54) is 12.4 Å². The summed E-state index contributed by atoms with van der Waals surface area (Å²) in [5.74, 6) is -1.54. The highest BCUT2D eigenvalue weighted by Gasteiger charge is 2.49. The van der Waals surface area contributed by atoms with Gasteiger partial charge in [-0.25, -0.2) is 14.8 Å². The Kier molecular flexibility index (Phi) is 6.37. The summed E-state index contributed by atoms with van der Waals surface area (Å²) < 4.78 is 53.6. The summed E-state index contributed by atoms with van der Waals surface area (Å²) in [5, 5.41) is 13.3. The molecule has 1 N–H and O–H groups in total. The van der Waals surface area contributed by atoms with E-state index in [1.54, 1.807) is 0 Å². The number of halogens is 3. The average molecular weight is 521 g/mol. The number of aromatic nitrogens is 3. The van der Waals surface area contributed by atoms with Gasteiger partial charge in [0.25, 0.3) is 0 Å². The van der Waals surface area contributed by atoms with Crippen LogP contribution in [0.1, 0.15) is 104 Å². The number of hydrogen-bond acceptors (Lipinski definition) is 7. The van der Waals surface area contributed by atoms with Crippen molar-refractivity contribution in [1.82, 2.24) is 15.1 Å². The van der Waals surface area contributed by atoms with Crippen LogP contribution in [0, 0.1) is 5.92 Å². The second-order valence-electron chi connectivity index (χ2n) is 11.0. The van der Waals surface area contributed by atoms with Crippen molar-refractivity contribution in [3.05, 3.63) is 35.1 Å². The molecule has 0 spiro atoms. The lowest BCUT2D eigenvalue weighted by atomic mass is 9.76. The van der Waals surface area contributed by atoms with Crippen LogP contribution in [0.5, 0.6) is 0 Å². The molecule has 5 atom stereocenters. The van der Waals surface area contributed by atoms with Crippen LogP contribution in [0.4, 0.5) is 19.0 Å². The van der Waals surface area contributed by atoms with Crippen LogP contribution in [0.25, 0.3) is 0 Å². The first-order valence-corrected chi connectivity index (χ1v) is 13.3. The van der Waals surface area contributed by atoms with Crippen LogP contribution in [-0.4, -0.2) is 50.6 Å². The molecule has 2 aliphatic carbocycles. The molecule has 200 valence electrons. The van der Waals surface area contributed by atoms with Crippen LogP contribution in [0.2, 0.25) is 0 Å². The molecule has 4 fully saturated rings. The standard InChI is InChI=1S/C26H31F3N4O4/c27-26(28,29)20-4-2-1-3-18(20)23-19(24(37-32-23)14-5-6-14)13-36-17-9-15-7-8-16(10-17)33(15)22-12-30-21(11-31-22)25(34)35/h11-12,14-18,20H,1-10,13H2,(H,34,35)/t15-,16?,17?,18?,20?/m0/s1. The number of fused-ring (bicyclic) bond motifs is 2. The summed E-state index contributed by atoms with van der Waals surface area (Å²) in [6.07, 6.45) is 5.93. The van der Waals surface area contributed by atoms with Gasteiger partial charge >= 0.3 is 12.1 Å². The quantitative estimate of drug-likeness (QED) is 0.504. The molecule has 2 saturated carbocycles. The van der Waals surface area contributed by atoms with Crippen molar-refractivity contribution < 1.29 is 32.3 Å². The molecule has 4 heterocycles. The third kappa shape index (κ3) is 4.82. The molecule has 2 bridgehead atoms. The number of carbonyl (C=O) groups is 1. The number of aromatic carboxylic acids is 1. The summed E-state index contributed by atoms with van der Waals surface area (Å²) in [4.78, 5) is 21.7. The van der Waals surface area contributed by atoms with E-state index < -0.39 is 24.0 Å². The number of alkyl halides is 3. The van der Waals surface area contributed by atoms with Crippen molar-refractivity contribution in [3.63, 3.8) is 0 Å². The van der Waals surface area contributed by atoms with E-state index in [2.05, 4.69) is 20.0 Å². The molecule has 6 rings (SSSR count). The van der Waals surface area contributed by atoms with Gasteiger partial charge in [-0.2, -0.15) is 13.2 Å². The lowest BCUT2D eigenvalue weighted by molar-refractivity contribution is -0.187. The third-order valence-electron chi connectivity index (χ3n) is 8.61. The molecule has 8 nitrogen and oxygen atoms in total. The van der Waals surface area contributed by atoms with Gasteiger partial charge in [0, 0.05) is 29.5 Å². The van der Waals surface area contributed by atoms with E-state index >= 15 is 0 Å². The van der Waals surface area contributed by atoms with Crippen molar-refractivity contribution in [1.29, 1.82) is 0 Å². The van der Waals surface area contributed by atoms with E-state index in [4.69, 9.17) is 14.4 Å². The van der Waals surface area contributed by atoms with Gasteiger partial charge < -0.3 is 19.3 Å². The lowest BCUT2D eigenvalue weighted by Crippen LogP contribution is -2.46. The number of nitrogens with zero attached hydrogens (tertiary/aromatic N) is 4. The lowest BCUT2D eigenvalue weighted by Gasteiger charge is -2.39. The van der Waals surface area contributed by atoms with Gasteiger partial charge in [-0.05, 0) is 51.4 Å². The monoisotopic (exact) mass is 520 g/mol. The van der Waals surface area contributed by atoms with Crippen LogP contribution in [0.15, 0.2) is 16.9 Å². The van der Waals surface area contributed by atoms with Gasteiger partial charge in [0.1, 0.15) is 11.6 Å². The molecule has 0 radical (unpaired) electrons. The molecule has 2 saturated heterocycles. The molecule has 2 aromatic rings. The highest BCUT2D eigenvalue weighted by Crippen LogP contribution is 2.50. The number of carboxylic acids is 1. The Morgan fingerprint density at radius 2 is 1.78 bits per heavy atom. The fourth-order valence-corrected chi connectivity index (χ4v) is 6.69. The van der Waals surface area contributed by atoms with Gasteiger partial charge in [-0.3, -0.25) is 0 Å². The van der Waals surface area contributed by atoms with Crippen molar-refractivity contribution >= 4 is 11.8 Å². The smallest absolute Gasteiger partial charge is 0.392 e. The van der Waals surface area contributed by atoms with Crippen molar-refractivity contribution in [2.45, 2.75) is 107 Å². The van der Waals surface area contributed by atoms with Gasteiger partial charge in [0.2, 0.25) is 0 Å². The summed E-state index contributed by atoms with van der Waals surface area (Å²) in [6.45, 7) is 0.225. The van der Waals surface area contributed by atoms with Crippen LogP contribution in [-0.2, 0) is 11.3 Å². The second kappa shape index (κ2) is 9.56. The molecule has 2 aliphatic heterocycles. The van der Waals surface area contributed by atoms with Crippen LogP contribution in [0.3, 0.4) is 0 Å². The highest BCUT2D eigenvalue weighted by atomic mass is 19.4. The Hall–Kier alpha value is -2.69. The molecule has 0 amide bonds. The van der Waals surface area contributed by atoms with Gasteiger partial charge in [-0.15, -0.1) is 0 Å². The molecule has 2 aromatic heterocycles. The molecule has 4 aliphatic rings. The Morgan fingerprint density at radius 3 is 2.41 bits per heavy atom. The number of ether oxygens (including phenoxy) is 1. The van der Waals surface area contributed by atoms with Gasteiger partial charge in [-0.1, -0.05) is 18.0 Å². The number of hydrogen-bond donors (Lipinski definition) is 1. The molecular weight excluding hydrogens is 489 g/mol. The molecule has 11 heteroatoms. The maximum Gasteiger partial charge on any atom is 0.392 e.